The molecule has 0 rings (SSSR count). The SMILES string of the molecule is O=C(OCCl)OCCCO. The van der Waals surface area contributed by atoms with E-state index in [0.29, 0.717) is 6.42 Å². The van der Waals surface area contributed by atoms with E-state index in [0.717, 1.165) is 0 Å². The summed E-state index contributed by atoms with van der Waals surface area (Å²) in [4.78, 5) is 10.3. The van der Waals surface area contributed by atoms with E-state index in [1.165, 1.54) is 0 Å². The van der Waals surface area contributed by atoms with Gasteiger partial charge in [-0.3, -0.25) is 0 Å². The highest BCUT2D eigenvalue weighted by Crippen LogP contribution is 1.88. The maximum Gasteiger partial charge on any atom is 0.509 e. The van der Waals surface area contributed by atoms with Crippen molar-refractivity contribution in [1.82, 2.24) is 0 Å². The van der Waals surface area contributed by atoms with Crippen LogP contribution in [-0.2, 0) is 9.47 Å². The molecule has 0 aliphatic rings. The first-order valence-corrected chi connectivity index (χ1v) is 3.31. The highest BCUT2D eigenvalue weighted by Gasteiger charge is 1.99. The van der Waals surface area contributed by atoms with E-state index < -0.39 is 6.16 Å². The van der Waals surface area contributed by atoms with Gasteiger partial charge in [-0.2, -0.15) is 0 Å². The second-order valence-corrected chi connectivity index (χ2v) is 1.65. The van der Waals surface area contributed by atoms with Gasteiger partial charge >= 0.3 is 6.16 Å². The summed E-state index contributed by atoms with van der Waals surface area (Å²) in [7, 11) is 0. The first kappa shape index (κ1) is 9.52. The Labute approximate surface area is 63.7 Å². The number of aliphatic hydroxyl groups is 1. The van der Waals surface area contributed by atoms with Crippen LogP contribution in [0, 0.1) is 0 Å². The van der Waals surface area contributed by atoms with Gasteiger partial charge < -0.3 is 14.6 Å². The van der Waals surface area contributed by atoms with Crippen LogP contribution in [0.25, 0.3) is 0 Å². The molecule has 0 aliphatic carbocycles. The largest absolute Gasteiger partial charge is 0.509 e. The fourth-order valence-electron chi connectivity index (χ4n) is 0.306. The van der Waals surface area contributed by atoms with Crippen molar-refractivity contribution < 1.29 is 19.4 Å². The fourth-order valence-corrected chi connectivity index (χ4v) is 0.395. The molecule has 0 bridgehead atoms. The normalized spacial score (nSPS) is 9.00. The van der Waals surface area contributed by atoms with E-state index in [1.807, 2.05) is 0 Å². The van der Waals surface area contributed by atoms with Crippen LogP contribution < -0.4 is 0 Å². The van der Waals surface area contributed by atoms with Gasteiger partial charge in [0.25, 0.3) is 0 Å². The lowest BCUT2D eigenvalue weighted by Crippen LogP contribution is -2.07. The van der Waals surface area contributed by atoms with Gasteiger partial charge in [-0.25, -0.2) is 4.79 Å². The molecule has 0 radical (unpaired) electrons. The lowest BCUT2D eigenvalue weighted by atomic mass is 10.5. The van der Waals surface area contributed by atoms with Gasteiger partial charge in [-0.1, -0.05) is 11.6 Å². The number of halogens is 1. The minimum atomic E-state index is -0.802. The van der Waals surface area contributed by atoms with Gasteiger partial charge in [0.05, 0.1) is 6.61 Å². The van der Waals surface area contributed by atoms with Crippen LogP contribution in [0.3, 0.4) is 0 Å². The first-order valence-electron chi connectivity index (χ1n) is 2.77. The summed E-state index contributed by atoms with van der Waals surface area (Å²) >= 11 is 5.04. The van der Waals surface area contributed by atoms with Crippen LogP contribution in [0.4, 0.5) is 4.79 Å². The predicted octanol–water partition coefficient (Wildman–Crippen LogP) is 0.718. The molecule has 1 N–H and O–H groups in total. The van der Waals surface area contributed by atoms with E-state index in [2.05, 4.69) is 9.47 Å². The number of aliphatic hydroxyl groups excluding tert-OH is 1. The van der Waals surface area contributed by atoms with Crippen molar-refractivity contribution in [3.8, 4) is 0 Å². The third-order valence-corrected chi connectivity index (χ3v) is 0.804. The Morgan fingerprint density at radius 1 is 1.50 bits per heavy atom. The molecule has 4 nitrogen and oxygen atoms in total. The molecule has 0 aromatic rings. The first-order chi connectivity index (χ1) is 4.81. The quantitative estimate of drug-likeness (QED) is 0.382. The summed E-state index contributed by atoms with van der Waals surface area (Å²) < 4.78 is 8.63. The number of rotatable bonds is 4. The molecule has 0 saturated heterocycles. The number of hydrogen-bond acceptors (Lipinski definition) is 4. The lowest BCUT2D eigenvalue weighted by molar-refractivity contribution is 0.0631. The number of alkyl halides is 1. The molecule has 0 aromatic heterocycles. The zero-order valence-corrected chi connectivity index (χ0v) is 6.13. The minimum absolute atomic E-state index is 0.00580. The monoisotopic (exact) mass is 168 g/mol. The van der Waals surface area contributed by atoms with Gasteiger partial charge in [-0.15, -0.1) is 0 Å². The third kappa shape index (κ3) is 5.65. The summed E-state index contributed by atoms with van der Waals surface area (Å²) in [6, 6.07) is -0.210. The third-order valence-electron chi connectivity index (χ3n) is 0.695. The minimum Gasteiger partial charge on any atom is -0.434 e. The average molecular weight is 169 g/mol. The van der Waals surface area contributed by atoms with Gasteiger partial charge in [0, 0.05) is 13.0 Å². The Morgan fingerprint density at radius 3 is 2.70 bits per heavy atom. The molecular formula is C5H9ClO4. The Bertz CT molecular complexity index is 95.6. The summed E-state index contributed by atoms with van der Waals surface area (Å²) in [5.74, 6) is 0. The second kappa shape index (κ2) is 6.64. The van der Waals surface area contributed by atoms with Crippen molar-refractivity contribution in [1.29, 1.82) is 0 Å². The Morgan fingerprint density at radius 2 is 2.20 bits per heavy atom. The number of ether oxygens (including phenoxy) is 2. The van der Waals surface area contributed by atoms with Crippen molar-refractivity contribution in [3.05, 3.63) is 0 Å². The van der Waals surface area contributed by atoms with Crippen molar-refractivity contribution in [2.75, 3.05) is 19.3 Å². The second-order valence-electron chi connectivity index (χ2n) is 1.43. The number of carbonyl (C=O) groups is 1. The molecule has 60 valence electrons. The molecular weight excluding hydrogens is 160 g/mol. The molecule has 10 heavy (non-hydrogen) atoms. The van der Waals surface area contributed by atoms with Crippen LogP contribution in [0.5, 0.6) is 0 Å². The highest BCUT2D eigenvalue weighted by atomic mass is 35.5. The van der Waals surface area contributed by atoms with Crippen LogP contribution in [0.15, 0.2) is 0 Å². The number of carbonyl (C=O) groups excluding carboxylic acids is 1. The molecule has 0 amide bonds. The van der Waals surface area contributed by atoms with E-state index in [9.17, 15) is 4.79 Å². The number of hydrogen-bond donors (Lipinski definition) is 1. The van der Waals surface area contributed by atoms with E-state index in [4.69, 9.17) is 16.7 Å². The Hall–Kier alpha value is -0.480. The van der Waals surface area contributed by atoms with Crippen LogP contribution >= 0.6 is 11.6 Å². The van der Waals surface area contributed by atoms with E-state index >= 15 is 0 Å². The Kier molecular flexibility index (Phi) is 6.32. The van der Waals surface area contributed by atoms with E-state index in [-0.39, 0.29) is 19.3 Å². The zero-order valence-electron chi connectivity index (χ0n) is 5.38. The van der Waals surface area contributed by atoms with Gasteiger partial charge in [-0.05, 0) is 0 Å². The zero-order chi connectivity index (χ0) is 7.82. The molecule has 0 fully saturated rings. The van der Waals surface area contributed by atoms with Crippen molar-refractivity contribution in [2.45, 2.75) is 6.42 Å². The van der Waals surface area contributed by atoms with Crippen LogP contribution in [0.1, 0.15) is 6.42 Å². The smallest absolute Gasteiger partial charge is 0.434 e. The maximum atomic E-state index is 10.3. The van der Waals surface area contributed by atoms with Gasteiger partial charge in [0.2, 0.25) is 0 Å². The molecule has 0 aliphatic heterocycles. The van der Waals surface area contributed by atoms with Gasteiger partial charge in [0.15, 0.2) is 6.07 Å². The predicted molar refractivity (Wildman–Crippen MR) is 34.9 cm³/mol. The standard InChI is InChI=1S/C5H9ClO4/c6-4-10-5(8)9-3-1-2-7/h7H,1-4H2. The topological polar surface area (TPSA) is 55.8 Å². The van der Waals surface area contributed by atoms with Crippen LogP contribution in [-0.4, -0.2) is 30.5 Å². The summed E-state index contributed by atoms with van der Waals surface area (Å²) in [5.41, 5.74) is 0. The molecule has 5 heteroatoms. The van der Waals surface area contributed by atoms with Crippen LogP contribution in [0.2, 0.25) is 0 Å². The molecule has 0 spiro atoms. The Balaban J connectivity index is 3.05. The van der Waals surface area contributed by atoms with Crippen molar-refractivity contribution in [2.24, 2.45) is 0 Å². The van der Waals surface area contributed by atoms with Crippen molar-refractivity contribution in [3.63, 3.8) is 0 Å². The molecule has 0 atom stereocenters. The van der Waals surface area contributed by atoms with E-state index in [1.54, 1.807) is 0 Å². The summed E-state index contributed by atoms with van der Waals surface area (Å²) in [5, 5.41) is 8.25. The maximum absolute atomic E-state index is 10.3. The van der Waals surface area contributed by atoms with Crippen molar-refractivity contribution >= 4 is 17.8 Å². The van der Waals surface area contributed by atoms with Gasteiger partial charge in [0.1, 0.15) is 0 Å². The molecule has 0 saturated carbocycles. The molecule has 0 unspecified atom stereocenters. The lowest BCUT2D eigenvalue weighted by Gasteiger charge is -2.00. The summed E-state index contributed by atoms with van der Waals surface area (Å²) in [6.45, 7) is 0.153. The molecule has 0 heterocycles. The fraction of sp³-hybridized carbons (Fsp3) is 0.800. The average Bonchev–Trinajstić information content (AvgIpc) is 1.89. The highest BCUT2D eigenvalue weighted by molar-refractivity contribution is 6.17. The molecule has 0 aromatic carbocycles. The summed E-state index contributed by atoms with van der Waals surface area (Å²) in [6.07, 6.45) is -0.388.